The van der Waals surface area contributed by atoms with Crippen molar-refractivity contribution in [3.63, 3.8) is 0 Å². The molecule has 0 radical (unpaired) electrons. The van der Waals surface area contributed by atoms with Crippen LogP contribution in [0.5, 0.6) is 0 Å². The van der Waals surface area contributed by atoms with Crippen molar-refractivity contribution in [2.75, 3.05) is 0 Å². The molecule has 5 rings (SSSR count). The summed E-state index contributed by atoms with van der Waals surface area (Å²) in [7, 11) is 0. The summed E-state index contributed by atoms with van der Waals surface area (Å²) in [6.07, 6.45) is 28.2. The Kier molecular flexibility index (Phi) is 8.43. The van der Waals surface area contributed by atoms with E-state index in [9.17, 15) is 0 Å². The maximum Gasteiger partial charge on any atom is -0.0245 e. The first-order valence-electron chi connectivity index (χ1n) is 15.7. The van der Waals surface area contributed by atoms with E-state index in [1.54, 1.807) is 34.2 Å². The summed E-state index contributed by atoms with van der Waals surface area (Å²) in [5.41, 5.74) is 8.53. The van der Waals surface area contributed by atoms with E-state index in [4.69, 9.17) is 0 Å². The lowest BCUT2D eigenvalue weighted by molar-refractivity contribution is 0.195. The molecular formula is C34H54. The normalized spacial score (nSPS) is 33.0. The van der Waals surface area contributed by atoms with Gasteiger partial charge in [-0.05, 0) is 129 Å². The zero-order chi connectivity index (χ0) is 23.5. The Balaban J connectivity index is 1.14. The molecule has 4 aliphatic carbocycles. The highest BCUT2D eigenvalue weighted by Gasteiger charge is 2.28. The highest BCUT2D eigenvalue weighted by Crippen LogP contribution is 2.41. The van der Waals surface area contributed by atoms with Gasteiger partial charge in [-0.15, -0.1) is 0 Å². The average molecular weight is 463 g/mol. The van der Waals surface area contributed by atoms with Gasteiger partial charge in [-0.3, -0.25) is 0 Å². The van der Waals surface area contributed by atoms with Crippen LogP contribution in [0, 0.1) is 49.4 Å². The minimum Gasteiger partial charge on any atom is -0.0625 e. The molecule has 1 aromatic rings. The lowest BCUT2D eigenvalue weighted by Crippen LogP contribution is -2.22. The van der Waals surface area contributed by atoms with Gasteiger partial charge in [-0.2, -0.15) is 0 Å². The average Bonchev–Trinajstić information content (AvgIpc) is 2.86. The number of fused-ring (bicyclic) bond motifs is 1. The van der Waals surface area contributed by atoms with E-state index in [0.717, 1.165) is 35.5 Å². The Hall–Kier alpha value is -0.780. The van der Waals surface area contributed by atoms with Crippen molar-refractivity contribution in [1.82, 2.24) is 0 Å². The van der Waals surface area contributed by atoms with E-state index in [1.165, 1.54) is 116 Å². The Morgan fingerprint density at radius 2 is 1.21 bits per heavy atom. The molecule has 190 valence electrons. The third-order valence-electron chi connectivity index (χ3n) is 11.2. The van der Waals surface area contributed by atoms with Crippen LogP contribution in [0.3, 0.4) is 0 Å². The SMILES string of the molecule is Cc1c(CC2CCC(CC3CCC(C)CC3)CC2)cc2c(c1C)CC(CC1CCCCC1)CC2. The fraction of sp³-hybridized carbons (Fsp3) is 0.824. The molecule has 0 bridgehead atoms. The van der Waals surface area contributed by atoms with Crippen molar-refractivity contribution in [3.05, 3.63) is 33.9 Å². The first kappa shape index (κ1) is 24.9. The Morgan fingerprint density at radius 3 is 1.91 bits per heavy atom. The van der Waals surface area contributed by atoms with Gasteiger partial charge in [0.1, 0.15) is 0 Å². The summed E-state index contributed by atoms with van der Waals surface area (Å²) in [5, 5.41) is 0. The predicted octanol–water partition coefficient (Wildman–Crippen LogP) is 9.94. The van der Waals surface area contributed by atoms with Gasteiger partial charge in [0.2, 0.25) is 0 Å². The number of aryl methyl sites for hydroxylation is 1. The number of hydrogen-bond donors (Lipinski definition) is 0. The molecule has 0 aliphatic heterocycles. The van der Waals surface area contributed by atoms with Gasteiger partial charge in [-0.25, -0.2) is 0 Å². The van der Waals surface area contributed by atoms with Crippen LogP contribution in [-0.2, 0) is 19.3 Å². The van der Waals surface area contributed by atoms with Crippen molar-refractivity contribution in [2.45, 2.75) is 143 Å². The fourth-order valence-corrected chi connectivity index (χ4v) is 8.70. The molecular weight excluding hydrogens is 408 g/mol. The van der Waals surface area contributed by atoms with Gasteiger partial charge in [0.25, 0.3) is 0 Å². The molecule has 0 saturated heterocycles. The molecule has 3 fully saturated rings. The zero-order valence-electron chi connectivity index (χ0n) is 23.0. The third kappa shape index (κ3) is 6.13. The molecule has 1 unspecified atom stereocenters. The maximum atomic E-state index is 2.68. The number of rotatable bonds is 6. The molecule has 0 amide bonds. The third-order valence-corrected chi connectivity index (χ3v) is 11.2. The van der Waals surface area contributed by atoms with Crippen LogP contribution in [0.25, 0.3) is 0 Å². The van der Waals surface area contributed by atoms with Crippen molar-refractivity contribution >= 4 is 0 Å². The van der Waals surface area contributed by atoms with E-state index >= 15 is 0 Å². The monoisotopic (exact) mass is 462 g/mol. The Bertz CT molecular complexity index is 781. The molecule has 1 atom stereocenters. The van der Waals surface area contributed by atoms with Crippen LogP contribution < -0.4 is 0 Å². The molecule has 0 aromatic heterocycles. The van der Waals surface area contributed by atoms with Crippen molar-refractivity contribution in [3.8, 4) is 0 Å². The van der Waals surface area contributed by atoms with Crippen LogP contribution in [0.2, 0.25) is 0 Å². The summed E-state index contributed by atoms with van der Waals surface area (Å²) in [5.74, 6) is 6.05. The van der Waals surface area contributed by atoms with Crippen LogP contribution in [0.1, 0.15) is 137 Å². The Morgan fingerprint density at radius 1 is 0.618 bits per heavy atom. The quantitative estimate of drug-likeness (QED) is 0.394. The largest absolute Gasteiger partial charge is 0.0625 e. The van der Waals surface area contributed by atoms with Crippen molar-refractivity contribution < 1.29 is 0 Å². The van der Waals surface area contributed by atoms with E-state index in [1.807, 2.05) is 0 Å². The van der Waals surface area contributed by atoms with Crippen LogP contribution in [0.15, 0.2) is 6.07 Å². The van der Waals surface area contributed by atoms with Gasteiger partial charge < -0.3 is 0 Å². The minimum absolute atomic E-state index is 0.946. The van der Waals surface area contributed by atoms with Crippen molar-refractivity contribution in [2.24, 2.45) is 35.5 Å². The predicted molar refractivity (Wildman–Crippen MR) is 148 cm³/mol. The highest BCUT2D eigenvalue weighted by atomic mass is 14.3. The maximum absolute atomic E-state index is 2.68. The number of benzene rings is 1. The van der Waals surface area contributed by atoms with Crippen molar-refractivity contribution in [1.29, 1.82) is 0 Å². The molecule has 3 saturated carbocycles. The van der Waals surface area contributed by atoms with E-state index in [0.29, 0.717) is 0 Å². The van der Waals surface area contributed by atoms with Crippen LogP contribution in [0.4, 0.5) is 0 Å². The zero-order valence-corrected chi connectivity index (χ0v) is 23.0. The molecule has 0 nitrogen and oxygen atoms in total. The molecule has 34 heavy (non-hydrogen) atoms. The fourth-order valence-electron chi connectivity index (χ4n) is 8.70. The minimum atomic E-state index is 0.946. The van der Waals surface area contributed by atoms with Gasteiger partial charge in [0.15, 0.2) is 0 Å². The van der Waals surface area contributed by atoms with Gasteiger partial charge in [-0.1, -0.05) is 83.6 Å². The second-order valence-corrected chi connectivity index (χ2v) is 13.7. The smallest absolute Gasteiger partial charge is 0.0245 e. The first-order valence-corrected chi connectivity index (χ1v) is 15.7. The topological polar surface area (TPSA) is 0 Å². The first-order chi connectivity index (χ1) is 16.5. The molecule has 4 aliphatic rings. The van der Waals surface area contributed by atoms with Gasteiger partial charge in [0.05, 0.1) is 0 Å². The lowest BCUT2D eigenvalue weighted by Gasteiger charge is -2.34. The molecule has 1 aromatic carbocycles. The molecule has 0 heteroatoms. The second-order valence-electron chi connectivity index (χ2n) is 13.7. The van der Waals surface area contributed by atoms with Crippen LogP contribution in [-0.4, -0.2) is 0 Å². The summed E-state index contributed by atoms with van der Waals surface area (Å²) in [6, 6.07) is 2.68. The van der Waals surface area contributed by atoms with Gasteiger partial charge in [0, 0.05) is 0 Å². The van der Waals surface area contributed by atoms with E-state index in [-0.39, 0.29) is 0 Å². The molecule has 0 N–H and O–H groups in total. The van der Waals surface area contributed by atoms with E-state index < -0.39 is 0 Å². The van der Waals surface area contributed by atoms with E-state index in [2.05, 4.69) is 26.8 Å². The van der Waals surface area contributed by atoms with Crippen LogP contribution >= 0.6 is 0 Å². The lowest BCUT2D eigenvalue weighted by atomic mass is 9.71. The van der Waals surface area contributed by atoms with Gasteiger partial charge >= 0.3 is 0 Å². The molecule has 0 heterocycles. The Labute approximate surface area is 212 Å². The summed E-state index contributed by atoms with van der Waals surface area (Å²) < 4.78 is 0. The summed E-state index contributed by atoms with van der Waals surface area (Å²) in [4.78, 5) is 0. The summed E-state index contributed by atoms with van der Waals surface area (Å²) in [6.45, 7) is 7.37. The molecule has 0 spiro atoms. The summed E-state index contributed by atoms with van der Waals surface area (Å²) >= 11 is 0. The standard InChI is InChI=1S/C34H54/c1-24-9-11-28(12-10-24)19-29-13-15-30(16-14-29)21-33-23-32-18-17-31(20-27-7-5-4-6-8-27)22-34(32)26(3)25(33)2/h23-24,27-31H,4-22H2,1-3H3. The number of hydrogen-bond acceptors (Lipinski definition) is 0. The second kappa shape index (κ2) is 11.5. The highest BCUT2D eigenvalue weighted by molar-refractivity contribution is 5.46.